The first-order valence-electron chi connectivity index (χ1n) is 9.15. The molecule has 3 atom stereocenters. The van der Waals surface area contributed by atoms with Crippen molar-refractivity contribution in [2.45, 2.75) is 72.4 Å². The van der Waals surface area contributed by atoms with Gasteiger partial charge in [-0.15, -0.1) is 0 Å². The fraction of sp³-hybridized carbons (Fsp3) is 0.500. The van der Waals surface area contributed by atoms with Crippen molar-refractivity contribution in [3.8, 4) is 0 Å². The van der Waals surface area contributed by atoms with E-state index in [4.69, 9.17) is 4.74 Å². The molecule has 0 spiro atoms. The van der Waals surface area contributed by atoms with Crippen LogP contribution in [0.1, 0.15) is 48.0 Å². The summed E-state index contributed by atoms with van der Waals surface area (Å²) < 4.78 is 5.03. The summed E-state index contributed by atoms with van der Waals surface area (Å²) in [6.07, 6.45) is 9.46. The molecule has 0 aliphatic heterocycles. The van der Waals surface area contributed by atoms with E-state index in [-0.39, 0.29) is 18.5 Å². The van der Waals surface area contributed by atoms with Crippen molar-refractivity contribution in [1.82, 2.24) is 0 Å². The molecule has 0 bridgehead atoms. The van der Waals surface area contributed by atoms with Gasteiger partial charge in [-0.3, -0.25) is 0 Å². The molecule has 0 heterocycles. The van der Waals surface area contributed by atoms with Crippen LogP contribution in [0.5, 0.6) is 0 Å². The Hall–Kier alpha value is -1.95. The quantitative estimate of drug-likeness (QED) is 0.308. The molecule has 0 aliphatic carbocycles. The molecule has 5 nitrogen and oxygen atoms in total. The Morgan fingerprint density at radius 2 is 1.56 bits per heavy atom. The van der Waals surface area contributed by atoms with Crippen LogP contribution in [0.3, 0.4) is 0 Å². The van der Waals surface area contributed by atoms with Crippen LogP contribution in [0, 0.1) is 0 Å². The average Bonchev–Trinajstić information content (AvgIpc) is 2.51. The number of carbonyl (C=O) groups is 1. The van der Waals surface area contributed by atoms with Gasteiger partial charge in [0.15, 0.2) is 0 Å². The van der Waals surface area contributed by atoms with Crippen LogP contribution in [0.2, 0.25) is 0 Å². The fourth-order valence-corrected chi connectivity index (χ4v) is 2.20. The largest absolute Gasteiger partial charge is 0.460 e. The molecule has 0 aromatic carbocycles. The van der Waals surface area contributed by atoms with E-state index in [0.29, 0.717) is 0 Å². The van der Waals surface area contributed by atoms with Crippen LogP contribution < -0.4 is 0 Å². The summed E-state index contributed by atoms with van der Waals surface area (Å²) in [7, 11) is 0. The maximum absolute atomic E-state index is 11.5. The van der Waals surface area contributed by atoms with Crippen molar-refractivity contribution >= 4 is 5.97 Å². The zero-order valence-electron chi connectivity index (χ0n) is 17.2. The SMILES string of the molecule is CC(=C\C=C\C(C)=C\[C@H](O)[C@@H](O)C[C@H](C)O)/C=C(C)/C=C/C(=O)OC(C)C. The molecule has 3 N–H and O–H groups in total. The molecule has 0 fully saturated rings. The first-order valence-corrected chi connectivity index (χ1v) is 9.15. The molecule has 0 unspecified atom stereocenters. The van der Waals surface area contributed by atoms with Crippen LogP contribution in [0.25, 0.3) is 0 Å². The normalized spacial score (nSPS) is 17.6. The fourth-order valence-electron chi connectivity index (χ4n) is 2.20. The van der Waals surface area contributed by atoms with Crippen molar-refractivity contribution < 1.29 is 24.9 Å². The van der Waals surface area contributed by atoms with Crippen LogP contribution in [0.15, 0.2) is 59.3 Å². The number of rotatable bonds is 10. The summed E-state index contributed by atoms with van der Waals surface area (Å²) in [5.74, 6) is -0.364. The minimum atomic E-state index is -1.02. The molecule has 0 aliphatic rings. The van der Waals surface area contributed by atoms with Gasteiger partial charge in [-0.05, 0) is 41.5 Å². The Balaban J connectivity index is 4.75. The molecule has 5 heteroatoms. The predicted molar refractivity (Wildman–Crippen MR) is 109 cm³/mol. The summed E-state index contributed by atoms with van der Waals surface area (Å²) >= 11 is 0. The monoisotopic (exact) mass is 378 g/mol. The Bertz CT molecular complexity index is 606. The highest BCUT2D eigenvalue weighted by Crippen LogP contribution is 2.09. The highest BCUT2D eigenvalue weighted by Gasteiger charge is 2.15. The lowest BCUT2D eigenvalue weighted by Gasteiger charge is -2.16. The third-order valence-electron chi connectivity index (χ3n) is 3.42. The standard InChI is InChI=1S/C22H34O5/c1-15(2)27-22(26)11-10-18(5)12-16(3)8-7-9-17(4)13-20(24)21(25)14-19(6)23/h7-13,15,19-21,23-25H,14H2,1-6H3/b9-7+,11-10+,16-8+,17-13+,18-12+/t19-,20-,21-/m0/s1. The van der Waals surface area contributed by atoms with Gasteiger partial charge in [0, 0.05) is 12.5 Å². The van der Waals surface area contributed by atoms with E-state index >= 15 is 0 Å². The minimum Gasteiger partial charge on any atom is -0.460 e. The van der Waals surface area contributed by atoms with Crippen molar-refractivity contribution in [1.29, 1.82) is 0 Å². The van der Waals surface area contributed by atoms with E-state index in [9.17, 15) is 20.1 Å². The van der Waals surface area contributed by atoms with Gasteiger partial charge < -0.3 is 20.1 Å². The maximum atomic E-state index is 11.5. The molecule has 0 aromatic heterocycles. The molecular weight excluding hydrogens is 344 g/mol. The summed E-state index contributed by atoms with van der Waals surface area (Å²) in [6, 6.07) is 0. The van der Waals surface area contributed by atoms with Crippen LogP contribution in [-0.2, 0) is 9.53 Å². The number of esters is 1. The van der Waals surface area contributed by atoms with Gasteiger partial charge in [-0.1, -0.05) is 53.2 Å². The predicted octanol–water partition coefficient (Wildman–Crippen LogP) is 3.38. The van der Waals surface area contributed by atoms with E-state index in [0.717, 1.165) is 16.7 Å². The van der Waals surface area contributed by atoms with Crippen LogP contribution in [-0.4, -0.2) is 45.7 Å². The lowest BCUT2D eigenvalue weighted by atomic mass is 10.0. The van der Waals surface area contributed by atoms with Crippen molar-refractivity contribution in [2.75, 3.05) is 0 Å². The summed E-state index contributed by atoms with van der Waals surface area (Å²) in [4.78, 5) is 11.5. The summed E-state index contributed by atoms with van der Waals surface area (Å²) in [5, 5.41) is 28.9. The zero-order valence-corrected chi connectivity index (χ0v) is 17.2. The van der Waals surface area contributed by atoms with Gasteiger partial charge >= 0.3 is 5.97 Å². The van der Waals surface area contributed by atoms with Gasteiger partial charge in [-0.25, -0.2) is 4.79 Å². The molecular formula is C22H34O5. The van der Waals surface area contributed by atoms with Gasteiger partial charge in [0.25, 0.3) is 0 Å². The number of allylic oxidation sites excluding steroid dienone is 8. The number of aliphatic hydroxyl groups excluding tert-OH is 3. The molecule has 0 aromatic rings. The zero-order chi connectivity index (χ0) is 21.0. The van der Waals surface area contributed by atoms with Crippen molar-refractivity contribution in [3.05, 3.63) is 59.3 Å². The lowest BCUT2D eigenvalue weighted by molar-refractivity contribution is -0.141. The van der Waals surface area contributed by atoms with E-state index < -0.39 is 18.3 Å². The molecule has 0 radical (unpaired) electrons. The van der Waals surface area contributed by atoms with Crippen molar-refractivity contribution in [3.63, 3.8) is 0 Å². The van der Waals surface area contributed by atoms with Gasteiger partial charge in [0.05, 0.1) is 24.4 Å². The lowest BCUT2D eigenvalue weighted by Crippen LogP contribution is -2.27. The third-order valence-corrected chi connectivity index (χ3v) is 3.42. The van der Waals surface area contributed by atoms with Crippen LogP contribution in [0.4, 0.5) is 0 Å². The van der Waals surface area contributed by atoms with E-state index in [1.165, 1.54) is 6.08 Å². The maximum Gasteiger partial charge on any atom is 0.331 e. The van der Waals surface area contributed by atoms with Crippen molar-refractivity contribution in [2.24, 2.45) is 0 Å². The number of aliphatic hydroxyl groups is 3. The smallest absolute Gasteiger partial charge is 0.331 e. The number of ether oxygens (including phenoxy) is 1. The second-order valence-corrected chi connectivity index (χ2v) is 7.03. The Kier molecular flexibility index (Phi) is 12.3. The molecule has 27 heavy (non-hydrogen) atoms. The highest BCUT2D eigenvalue weighted by molar-refractivity contribution is 5.82. The van der Waals surface area contributed by atoms with Gasteiger partial charge in [0.1, 0.15) is 0 Å². The number of hydrogen-bond acceptors (Lipinski definition) is 5. The number of hydrogen-bond donors (Lipinski definition) is 3. The second-order valence-electron chi connectivity index (χ2n) is 7.03. The molecule has 0 saturated carbocycles. The second kappa shape index (κ2) is 13.3. The van der Waals surface area contributed by atoms with Crippen LogP contribution >= 0.6 is 0 Å². The average molecular weight is 379 g/mol. The minimum absolute atomic E-state index is 0.121. The van der Waals surface area contributed by atoms with Gasteiger partial charge in [-0.2, -0.15) is 0 Å². The van der Waals surface area contributed by atoms with E-state index in [1.807, 2.05) is 45.1 Å². The topological polar surface area (TPSA) is 87.0 Å². The first kappa shape index (κ1) is 25.1. The third kappa shape index (κ3) is 13.9. The number of carbonyl (C=O) groups excluding carboxylic acids is 1. The van der Waals surface area contributed by atoms with E-state index in [1.54, 1.807) is 32.9 Å². The molecule has 0 saturated heterocycles. The Labute approximate surface area is 163 Å². The molecule has 0 rings (SSSR count). The summed E-state index contributed by atoms with van der Waals surface area (Å²) in [5.41, 5.74) is 2.71. The first-order chi connectivity index (χ1) is 12.5. The molecule has 0 amide bonds. The molecule has 152 valence electrons. The Morgan fingerprint density at radius 3 is 2.11 bits per heavy atom. The highest BCUT2D eigenvalue weighted by atomic mass is 16.5. The van der Waals surface area contributed by atoms with Gasteiger partial charge in [0.2, 0.25) is 0 Å². The summed E-state index contributed by atoms with van der Waals surface area (Å²) in [6.45, 7) is 10.8. The Morgan fingerprint density at radius 1 is 0.926 bits per heavy atom. The van der Waals surface area contributed by atoms with E-state index in [2.05, 4.69) is 0 Å².